The van der Waals surface area contributed by atoms with Crippen molar-refractivity contribution in [2.75, 3.05) is 20.2 Å². The van der Waals surface area contributed by atoms with E-state index in [-0.39, 0.29) is 6.61 Å². The topological polar surface area (TPSA) is 63.4 Å². The van der Waals surface area contributed by atoms with Gasteiger partial charge in [-0.15, -0.1) is 5.10 Å². The van der Waals surface area contributed by atoms with Crippen molar-refractivity contribution in [2.45, 2.75) is 46.1 Å². The first-order valence-corrected chi connectivity index (χ1v) is 8.90. The van der Waals surface area contributed by atoms with E-state index in [1.165, 1.54) is 6.42 Å². The highest BCUT2D eigenvalue weighted by atomic mass is 16.5. The number of rotatable bonds is 11. The quantitative estimate of drug-likeness (QED) is 0.676. The van der Waals surface area contributed by atoms with Crippen LogP contribution in [0.2, 0.25) is 0 Å². The van der Waals surface area contributed by atoms with Crippen LogP contribution < -0.4 is 0 Å². The molecule has 0 spiro atoms. The van der Waals surface area contributed by atoms with E-state index in [1.54, 1.807) is 4.68 Å². The summed E-state index contributed by atoms with van der Waals surface area (Å²) in [4.78, 5) is 2.24. The summed E-state index contributed by atoms with van der Waals surface area (Å²) in [5.74, 6) is 0.698. The van der Waals surface area contributed by atoms with Gasteiger partial charge in [0.05, 0.1) is 31.6 Å². The maximum absolute atomic E-state index is 10.1. The van der Waals surface area contributed by atoms with Crippen LogP contribution in [-0.2, 0) is 24.4 Å². The van der Waals surface area contributed by atoms with Crippen molar-refractivity contribution in [2.24, 2.45) is 5.92 Å². The van der Waals surface area contributed by atoms with E-state index in [0.29, 0.717) is 19.1 Å². The molecule has 0 saturated carbocycles. The molecule has 0 amide bonds. The summed E-state index contributed by atoms with van der Waals surface area (Å²) in [5, 5.41) is 18.4. The predicted octanol–water partition coefficient (Wildman–Crippen LogP) is 2.33. The average molecular weight is 346 g/mol. The molecule has 0 bridgehead atoms. The maximum atomic E-state index is 10.1. The fourth-order valence-corrected chi connectivity index (χ4v) is 2.49. The zero-order valence-electron chi connectivity index (χ0n) is 15.5. The number of hydrogen-bond donors (Lipinski definition) is 1. The Labute approximate surface area is 150 Å². The minimum Gasteiger partial charge on any atom is -0.389 e. The van der Waals surface area contributed by atoms with Gasteiger partial charge in [0.2, 0.25) is 0 Å². The molecular formula is C19H30N4O2. The standard InChI is InChI=1S/C19H30N4O2/c1-16(2)9-10-22(3)11-18-12-23(21-20-18)13-19(24)15-25-14-17-7-5-4-6-8-17/h4-8,12,16,19,24H,9-11,13-15H2,1-3H3. The molecule has 0 fully saturated rings. The van der Waals surface area contributed by atoms with E-state index >= 15 is 0 Å². The van der Waals surface area contributed by atoms with E-state index in [0.717, 1.165) is 24.3 Å². The highest BCUT2D eigenvalue weighted by Crippen LogP contribution is 2.05. The fraction of sp³-hybridized carbons (Fsp3) is 0.579. The van der Waals surface area contributed by atoms with Crippen molar-refractivity contribution in [3.05, 3.63) is 47.8 Å². The number of aliphatic hydroxyl groups is 1. The van der Waals surface area contributed by atoms with Gasteiger partial charge < -0.3 is 14.7 Å². The van der Waals surface area contributed by atoms with Crippen LogP contribution in [0, 0.1) is 5.92 Å². The minimum absolute atomic E-state index is 0.276. The van der Waals surface area contributed by atoms with E-state index in [1.807, 2.05) is 36.5 Å². The van der Waals surface area contributed by atoms with Gasteiger partial charge in [0.1, 0.15) is 0 Å². The van der Waals surface area contributed by atoms with Gasteiger partial charge in [-0.2, -0.15) is 0 Å². The first kappa shape index (κ1) is 19.6. The third-order valence-electron chi connectivity index (χ3n) is 3.93. The van der Waals surface area contributed by atoms with E-state index in [9.17, 15) is 5.11 Å². The SMILES string of the molecule is CC(C)CCN(C)Cc1cn(CC(O)COCc2ccccc2)nn1. The molecular weight excluding hydrogens is 316 g/mol. The van der Waals surface area contributed by atoms with Gasteiger partial charge in [-0.25, -0.2) is 4.68 Å². The Morgan fingerprint density at radius 1 is 1.24 bits per heavy atom. The Bertz CT molecular complexity index is 600. The Kier molecular flexibility index (Phi) is 8.04. The summed E-state index contributed by atoms with van der Waals surface area (Å²) in [5.41, 5.74) is 2.02. The molecule has 2 rings (SSSR count). The lowest BCUT2D eigenvalue weighted by molar-refractivity contribution is 0.0184. The van der Waals surface area contributed by atoms with E-state index in [4.69, 9.17) is 4.74 Å². The molecule has 1 atom stereocenters. The lowest BCUT2D eigenvalue weighted by Gasteiger charge is -2.16. The van der Waals surface area contributed by atoms with Gasteiger partial charge in [-0.05, 0) is 31.5 Å². The molecule has 0 saturated heterocycles. The van der Waals surface area contributed by atoms with Crippen molar-refractivity contribution in [1.82, 2.24) is 19.9 Å². The molecule has 2 aromatic rings. The summed E-state index contributed by atoms with van der Waals surface area (Å²) in [6, 6.07) is 9.94. The van der Waals surface area contributed by atoms with Gasteiger partial charge in [0, 0.05) is 12.7 Å². The molecule has 0 aliphatic heterocycles. The fourth-order valence-electron chi connectivity index (χ4n) is 2.49. The molecule has 6 nitrogen and oxygen atoms in total. The van der Waals surface area contributed by atoms with Gasteiger partial charge in [-0.1, -0.05) is 49.4 Å². The summed E-state index contributed by atoms with van der Waals surface area (Å²) in [7, 11) is 2.09. The molecule has 138 valence electrons. The van der Waals surface area contributed by atoms with Crippen LogP contribution in [0.3, 0.4) is 0 Å². The lowest BCUT2D eigenvalue weighted by atomic mass is 10.1. The molecule has 1 unspecified atom stereocenters. The Balaban J connectivity index is 1.69. The van der Waals surface area contributed by atoms with Crippen LogP contribution >= 0.6 is 0 Å². The summed E-state index contributed by atoms with van der Waals surface area (Å²) in [6.45, 7) is 7.43. The Morgan fingerprint density at radius 3 is 2.72 bits per heavy atom. The Morgan fingerprint density at radius 2 is 2.00 bits per heavy atom. The van der Waals surface area contributed by atoms with Crippen molar-refractivity contribution < 1.29 is 9.84 Å². The molecule has 1 N–H and O–H groups in total. The highest BCUT2D eigenvalue weighted by Gasteiger charge is 2.10. The zero-order valence-corrected chi connectivity index (χ0v) is 15.5. The van der Waals surface area contributed by atoms with Crippen molar-refractivity contribution >= 4 is 0 Å². The second-order valence-electron chi connectivity index (χ2n) is 7.01. The number of hydrogen-bond acceptors (Lipinski definition) is 5. The van der Waals surface area contributed by atoms with Crippen LogP contribution in [0.4, 0.5) is 0 Å². The van der Waals surface area contributed by atoms with Crippen LogP contribution in [0.5, 0.6) is 0 Å². The molecule has 0 aliphatic carbocycles. The predicted molar refractivity (Wildman–Crippen MR) is 97.9 cm³/mol. The van der Waals surface area contributed by atoms with Crippen molar-refractivity contribution in [3.63, 3.8) is 0 Å². The number of nitrogens with zero attached hydrogens (tertiary/aromatic N) is 4. The smallest absolute Gasteiger partial charge is 0.0969 e. The molecule has 25 heavy (non-hydrogen) atoms. The summed E-state index contributed by atoms with van der Waals surface area (Å²) in [6.07, 6.45) is 2.46. The van der Waals surface area contributed by atoms with Gasteiger partial charge in [0.15, 0.2) is 0 Å². The summed E-state index contributed by atoms with van der Waals surface area (Å²) < 4.78 is 7.24. The first-order chi connectivity index (χ1) is 12.0. The molecule has 6 heteroatoms. The number of ether oxygens (including phenoxy) is 1. The second-order valence-corrected chi connectivity index (χ2v) is 7.01. The molecule has 0 aliphatic rings. The normalized spacial score (nSPS) is 12.9. The average Bonchev–Trinajstić information content (AvgIpc) is 3.00. The zero-order chi connectivity index (χ0) is 18.1. The largest absolute Gasteiger partial charge is 0.389 e. The van der Waals surface area contributed by atoms with Crippen LogP contribution in [0.1, 0.15) is 31.5 Å². The molecule has 1 aromatic carbocycles. The van der Waals surface area contributed by atoms with Gasteiger partial charge in [-0.3, -0.25) is 0 Å². The molecule has 1 aromatic heterocycles. The van der Waals surface area contributed by atoms with Crippen molar-refractivity contribution in [1.29, 1.82) is 0 Å². The Hall–Kier alpha value is -1.76. The maximum Gasteiger partial charge on any atom is 0.0969 e. The number of benzene rings is 1. The van der Waals surface area contributed by atoms with Crippen LogP contribution in [-0.4, -0.2) is 51.3 Å². The minimum atomic E-state index is -0.600. The third-order valence-corrected chi connectivity index (χ3v) is 3.93. The third kappa shape index (κ3) is 7.77. The number of aromatic nitrogens is 3. The lowest BCUT2D eigenvalue weighted by Crippen LogP contribution is -2.22. The van der Waals surface area contributed by atoms with E-state index in [2.05, 4.69) is 36.1 Å². The van der Waals surface area contributed by atoms with Crippen LogP contribution in [0.25, 0.3) is 0 Å². The van der Waals surface area contributed by atoms with Crippen molar-refractivity contribution in [3.8, 4) is 0 Å². The molecule has 1 heterocycles. The van der Waals surface area contributed by atoms with Gasteiger partial charge in [0.25, 0.3) is 0 Å². The summed E-state index contributed by atoms with van der Waals surface area (Å²) >= 11 is 0. The second kappa shape index (κ2) is 10.3. The highest BCUT2D eigenvalue weighted by molar-refractivity contribution is 5.13. The first-order valence-electron chi connectivity index (χ1n) is 8.90. The van der Waals surface area contributed by atoms with E-state index < -0.39 is 6.10 Å². The monoisotopic (exact) mass is 346 g/mol. The molecule has 0 radical (unpaired) electrons. The van der Waals surface area contributed by atoms with Gasteiger partial charge >= 0.3 is 0 Å². The van der Waals surface area contributed by atoms with Crippen LogP contribution in [0.15, 0.2) is 36.5 Å². The number of aliphatic hydroxyl groups excluding tert-OH is 1.